The fraction of sp³-hybridized carbons (Fsp3) is 0.238. The van der Waals surface area contributed by atoms with Crippen LogP contribution in [0.3, 0.4) is 0 Å². The number of para-hydroxylation sites is 2. The van der Waals surface area contributed by atoms with Crippen LogP contribution in [0.1, 0.15) is 5.69 Å². The summed E-state index contributed by atoms with van der Waals surface area (Å²) < 4.78 is 17.2. The molecule has 1 aliphatic rings. The number of oxazole rings is 1. The number of benzene rings is 2. The van der Waals surface area contributed by atoms with Crippen LogP contribution in [0.25, 0.3) is 11.5 Å². The van der Waals surface area contributed by atoms with E-state index in [9.17, 15) is 0 Å². The van der Waals surface area contributed by atoms with E-state index in [0.717, 1.165) is 22.8 Å². The molecule has 7 nitrogen and oxygen atoms in total. The van der Waals surface area contributed by atoms with Gasteiger partial charge in [0.1, 0.15) is 19.0 Å². The maximum absolute atomic E-state index is 5.94. The predicted octanol–water partition coefficient (Wildman–Crippen LogP) is 2.85. The van der Waals surface area contributed by atoms with E-state index in [4.69, 9.17) is 13.9 Å². The lowest BCUT2D eigenvalue weighted by atomic mass is 10.2. The Morgan fingerprint density at radius 2 is 1.86 bits per heavy atom. The SMILES string of the molecule is CN=C(NCc1coc(-c2ccccc2)n1)NCC1COc2ccccc2O1. The third kappa shape index (κ3) is 4.25. The normalized spacial score (nSPS) is 15.9. The van der Waals surface area contributed by atoms with E-state index < -0.39 is 0 Å². The van der Waals surface area contributed by atoms with Gasteiger partial charge in [-0.3, -0.25) is 4.99 Å². The summed E-state index contributed by atoms with van der Waals surface area (Å²) in [6, 6.07) is 17.5. The summed E-state index contributed by atoms with van der Waals surface area (Å²) in [4.78, 5) is 8.74. The Bertz CT molecular complexity index is 940. The summed E-state index contributed by atoms with van der Waals surface area (Å²) in [5, 5.41) is 6.48. The van der Waals surface area contributed by atoms with Crippen molar-refractivity contribution in [2.75, 3.05) is 20.2 Å². The average molecular weight is 378 g/mol. The molecule has 144 valence electrons. The van der Waals surface area contributed by atoms with Crippen molar-refractivity contribution < 1.29 is 13.9 Å². The van der Waals surface area contributed by atoms with Gasteiger partial charge in [-0.25, -0.2) is 4.98 Å². The van der Waals surface area contributed by atoms with Gasteiger partial charge >= 0.3 is 0 Å². The molecule has 0 bridgehead atoms. The third-order valence-electron chi connectivity index (χ3n) is 4.30. The van der Waals surface area contributed by atoms with Crippen LogP contribution >= 0.6 is 0 Å². The molecule has 0 fully saturated rings. The van der Waals surface area contributed by atoms with Gasteiger partial charge in [0.05, 0.1) is 18.8 Å². The van der Waals surface area contributed by atoms with Gasteiger partial charge in [0, 0.05) is 12.6 Å². The second-order valence-electron chi connectivity index (χ2n) is 6.31. The molecule has 28 heavy (non-hydrogen) atoms. The number of rotatable bonds is 5. The molecular weight excluding hydrogens is 356 g/mol. The maximum Gasteiger partial charge on any atom is 0.226 e. The van der Waals surface area contributed by atoms with Gasteiger partial charge in [-0.2, -0.15) is 0 Å². The number of hydrogen-bond acceptors (Lipinski definition) is 5. The summed E-state index contributed by atoms with van der Waals surface area (Å²) >= 11 is 0. The van der Waals surface area contributed by atoms with Crippen molar-refractivity contribution in [1.82, 2.24) is 15.6 Å². The molecular formula is C21H22N4O3. The molecule has 3 aromatic rings. The molecule has 2 aromatic carbocycles. The van der Waals surface area contributed by atoms with Crippen LogP contribution in [-0.2, 0) is 6.54 Å². The summed E-state index contributed by atoms with van der Waals surface area (Å²) in [6.07, 6.45) is 1.56. The van der Waals surface area contributed by atoms with E-state index in [-0.39, 0.29) is 6.10 Å². The molecule has 2 heterocycles. The summed E-state index contributed by atoms with van der Waals surface area (Å²) in [5.41, 5.74) is 1.75. The van der Waals surface area contributed by atoms with Crippen molar-refractivity contribution in [3.8, 4) is 23.0 Å². The van der Waals surface area contributed by atoms with E-state index in [0.29, 0.717) is 31.5 Å². The second kappa shape index (κ2) is 8.47. The highest BCUT2D eigenvalue weighted by Gasteiger charge is 2.20. The van der Waals surface area contributed by atoms with Crippen molar-refractivity contribution in [2.24, 2.45) is 4.99 Å². The largest absolute Gasteiger partial charge is 0.486 e. The molecule has 2 N–H and O–H groups in total. The van der Waals surface area contributed by atoms with Crippen LogP contribution in [-0.4, -0.2) is 37.2 Å². The molecule has 7 heteroatoms. The highest BCUT2D eigenvalue weighted by Crippen LogP contribution is 2.30. The molecule has 0 saturated heterocycles. The number of guanidine groups is 1. The average Bonchev–Trinajstić information content (AvgIpc) is 3.23. The van der Waals surface area contributed by atoms with E-state index in [1.807, 2.05) is 54.6 Å². The minimum absolute atomic E-state index is 0.0924. The topological polar surface area (TPSA) is 80.9 Å². The molecule has 1 unspecified atom stereocenters. The number of ether oxygens (including phenoxy) is 2. The van der Waals surface area contributed by atoms with Gasteiger partial charge in [0.15, 0.2) is 17.5 Å². The Hall–Kier alpha value is -3.48. The Labute approximate surface area is 163 Å². The first-order valence-corrected chi connectivity index (χ1v) is 9.14. The van der Waals surface area contributed by atoms with E-state index in [1.165, 1.54) is 0 Å². The van der Waals surface area contributed by atoms with E-state index in [2.05, 4.69) is 20.6 Å². The molecule has 0 spiro atoms. The van der Waals surface area contributed by atoms with Crippen molar-refractivity contribution in [3.63, 3.8) is 0 Å². The minimum Gasteiger partial charge on any atom is -0.486 e. The number of fused-ring (bicyclic) bond motifs is 1. The standard InChI is InChI=1S/C21H22N4O3/c1-22-21(24-12-17-14-26-18-9-5-6-10-19(18)28-17)23-11-16-13-27-20(25-16)15-7-3-2-4-8-15/h2-10,13,17H,11-12,14H2,1H3,(H2,22,23,24). The van der Waals surface area contributed by atoms with Crippen molar-refractivity contribution in [3.05, 3.63) is 66.6 Å². The monoisotopic (exact) mass is 378 g/mol. The van der Waals surface area contributed by atoms with Gasteiger partial charge in [-0.05, 0) is 24.3 Å². The molecule has 1 atom stereocenters. The fourth-order valence-electron chi connectivity index (χ4n) is 2.87. The Morgan fingerprint density at radius 1 is 1.07 bits per heavy atom. The molecule has 0 saturated carbocycles. The zero-order valence-electron chi connectivity index (χ0n) is 15.6. The lowest BCUT2D eigenvalue weighted by Crippen LogP contribution is -2.45. The van der Waals surface area contributed by atoms with E-state index in [1.54, 1.807) is 13.3 Å². The molecule has 0 aliphatic carbocycles. The summed E-state index contributed by atoms with van der Waals surface area (Å²) in [6.45, 7) is 1.56. The fourth-order valence-corrected chi connectivity index (χ4v) is 2.87. The summed E-state index contributed by atoms with van der Waals surface area (Å²) in [5.74, 6) is 2.81. The third-order valence-corrected chi connectivity index (χ3v) is 4.30. The zero-order valence-corrected chi connectivity index (χ0v) is 15.6. The smallest absolute Gasteiger partial charge is 0.226 e. The zero-order chi connectivity index (χ0) is 19.2. The van der Waals surface area contributed by atoms with Gasteiger partial charge in [-0.15, -0.1) is 0 Å². The number of aromatic nitrogens is 1. The molecule has 0 radical (unpaired) electrons. The van der Waals surface area contributed by atoms with Gasteiger partial charge in [-0.1, -0.05) is 30.3 Å². The number of hydrogen-bond donors (Lipinski definition) is 2. The van der Waals surface area contributed by atoms with Crippen molar-refractivity contribution >= 4 is 5.96 Å². The molecule has 1 aliphatic heterocycles. The van der Waals surface area contributed by atoms with Crippen molar-refractivity contribution in [1.29, 1.82) is 0 Å². The van der Waals surface area contributed by atoms with Crippen LogP contribution in [0.5, 0.6) is 11.5 Å². The van der Waals surface area contributed by atoms with Gasteiger partial charge in [0.25, 0.3) is 0 Å². The van der Waals surface area contributed by atoms with Gasteiger partial charge < -0.3 is 24.5 Å². The Balaban J connectivity index is 1.27. The first kappa shape index (κ1) is 17.9. The highest BCUT2D eigenvalue weighted by atomic mass is 16.6. The first-order chi connectivity index (χ1) is 13.8. The quantitative estimate of drug-likeness (QED) is 0.525. The van der Waals surface area contributed by atoms with Crippen LogP contribution in [0.2, 0.25) is 0 Å². The van der Waals surface area contributed by atoms with Crippen LogP contribution < -0.4 is 20.1 Å². The predicted molar refractivity (Wildman–Crippen MR) is 106 cm³/mol. The first-order valence-electron chi connectivity index (χ1n) is 9.14. The van der Waals surface area contributed by atoms with Crippen LogP contribution in [0.15, 0.2) is 70.3 Å². The Morgan fingerprint density at radius 3 is 2.68 bits per heavy atom. The molecule has 1 aromatic heterocycles. The van der Waals surface area contributed by atoms with Crippen LogP contribution in [0.4, 0.5) is 0 Å². The molecule has 0 amide bonds. The Kier molecular flexibility index (Phi) is 5.42. The number of nitrogens with zero attached hydrogens (tertiary/aromatic N) is 2. The summed E-state index contributed by atoms with van der Waals surface area (Å²) in [7, 11) is 1.72. The number of aliphatic imine (C=N–C) groups is 1. The second-order valence-corrected chi connectivity index (χ2v) is 6.31. The lowest BCUT2D eigenvalue weighted by Gasteiger charge is -2.27. The maximum atomic E-state index is 5.94. The van der Waals surface area contributed by atoms with Crippen molar-refractivity contribution in [2.45, 2.75) is 12.6 Å². The van der Waals surface area contributed by atoms with E-state index >= 15 is 0 Å². The minimum atomic E-state index is -0.0924. The number of nitrogens with one attached hydrogen (secondary N) is 2. The lowest BCUT2D eigenvalue weighted by molar-refractivity contribution is 0.0936. The van der Waals surface area contributed by atoms with Crippen LogP contribution in [0, 0.1) is 0 Å². The molecule has 4 rings (SSSR count). The van der Waals surface area contributed by atoms with Gasteiger partial charge in [0.2, 0.25) is 5.89 Å². The highest BCUT2D eigenvalue weighted by molar-refractivity contribution is 5.79.